The molecule has 2 aromatic carbocycles. The summed E-state index contributed by atoms with van der Waals surface area (Å²) in [5.41, 5.74) is 6.25. The Morgan fingerprint density at radius 3 is 2.50 bits per heavy atom. The third kappa shape index (κ3) is 2.08. The number of hydrogen-bond donors (Lipinski definition) is 1. The maximum absolute atomic E-state index is 14.5. The summed E-state index contributed by atoms with van der Waals surface area (Å²) >= 11 is 0. The van der Waals surface area contributed by atoms with E-state index in [0.717, 1.165) is 5.56 Å². The number of fused-ring (bicyclic) bond motifs is 3. The van der Waals surface area contributed by atoms with Gasteiger partial charge in [-0.2, -0.15) is 0 Å². The Balaban J connectivity index is 1.95. The van der Waals surface area contributed by atoms with E-state index in [2.05, 4.69) is 0 Å². The fraction of sp³-hybridized carbons (Fsp3) is 0.200. The highest BCUT2D eigenvalue weighted by atomic mass is 19.1. The van der Waals surface area contributed by atoms with E-state index in [9.17, 15) is 14.0 Å². The summed E-state index contributed by atoms with van der Waals surface area (Å²) in [5, 5.41) is 0.374. The van der Waals surface area contributed by atoms with Gasteiger partial charge in [0.2, 0.25) is 0 Å². The molecule has 6 heteroatoms. The largest absolute Gasteiger partial charge is 0.398 e. The Kier molecular flexibility index (Phi) is 3.41. The lowest BCUT2D eigenvalue weighted by Crippen LogP contribution is -2.60. The molecule has 1 aliphatic rings. The Hall–Kier alpha value is -3.15. The lowest BCUT2D eigenvalue weighted by molar-refractivity contribution is 0.0388. The number of halogens is 1. The summed E-state index contributed by atoms with van der Waals surface area (Å²) in [4.78, 5) is 27.8. The fourth-order valence-electron chi connectivity index (χ4n) is 3.63. The Morgan fingerprint density at radius 1 is 1.12 bits per heavy atom. The number of amides is 1. The molecular formula is C20H18FN3O2. The van der Waals surface area contributed by atoms with Crippen LogP contribution in [-0.2, 0) is 6.42 Å². The summed E-state index contributed by atoms with van der Waals surface area (Å²) in [6, 6.07) is 13.6. The molecule has 1 amide bonds. The topological polar surface area (TPSA) is 68.3 Å². The van der Waals surface area contributed by atoms with Crippen LogP contribution in [0.1, 0.15) is 27.8 Å². The number of nitrogens with two attached hydrogens (primary N) is 1. The number of carbonyl (C=O) groups excluding carboxylic acids is 2. The van der Waals surface area contributed by atoms with Gasteiger partial charge in [-0.1, -0.05) is 30.3 Å². The van der Waals surface area contributed by atoms with Gasteiger partial charge < -0.3 is 10.6 Å². The molecule has 0 spiro atoms. The molecular weight excluding hydrogens is 333 g/mol. The minimum Gasteiger partial charge on any atom is -0.398 e. The molecule has 1 unspecified atom stereocenters. The van der Waals surface area contributed by atoms with Crippen molar-refractivity contribution in [1.82, 2.24) is 9.47 Å². The molecule has 2 heterocycles. The number of hydrogen-bond acceptors (Lipinski definition) is 3. The van der Waals surface area contributed by atoms with Crippen molar-refractivity contribution < 1.29 is 14.0 Å². The molecule has 0 saturated carbocycles. The number of anilines is 1. The van der Waals surface area contributed by atoms with Crippen molar-refractivity contribution in [1.29, 1.82) is 0 Å². The zero-order chi connectivity index (χ0) is 18.6. The fourth-order valence-corrected chi connectivity index (χ4v) is 3.63. The first-order valence-electron chi connectivity index (χ1n) is 8.31. The van der Waals surface area contributed by atoms with Crippen molar-refractivity contribution in [2.24, 2.45) is 0 Å². The maximum Gasteiger partial charge on any atom is 0.271 e. The van der Waals surface area contributed by atoms with Crippen molar-refractivity contribution >= 4 is 28.4 Å². The predicted molar refractivity (Wildman–Crippen MR) is 97.6 cm³/mol. The van der Waals surface area contributed by atoms with Gasteiger partial charge in [-0.15, -0.1) is 0 Å². The van der Waals surface area contributed by atoms with Crippen LogP contribution in [0.15, 0.2) is 48.5 Å². The van der Waals surface area contributed by atoms with Crippen molar-refractivity contribution in [2.45, 2.75) is 18.9 Å². The Labute approximate surface area is 149 Å². The zero-order valence-electron chi connectivity index (χ0n) is 14.5. The van der Waals surface area contributed by atoms with E-state index in [4.69, 9.17) is 5.73 Å². The van der Waals surface area contributed by atoms with Crippen molar-refractivity contribution in [3.8, 4) is 0 Å². The van der Waals surface area contributed by atoms with Crippen LogP contribution in [0.4, 0.5) is 10.1 Å². The van der Waals surface area contributed by atoms with E-state index in [1.165, 1.54) is 27.7 Å². The summed E-state index contributed by atoms with van der Waals surface area (Å²) in [5.74, 6) is -1.26. The molecule has 26 heavy (non-hydrogen) atoms. The number of rotatable bonds is 2. The Bertz CT molecular complexity index is 1060. The number of likely N-dealkylation sites (N-methyl/N-ethyl adjacent to an activating group) is 1. The minimum absolute atomic E-state index is 0.0609. The van der Waals surface area contributed by atoms with Crippen molar-refractivity contribution in [3.63, 3.8) is 0 Å². The highest BCUT2D eigenvalue weighted by molar-refractivity contribution is 6.13. The number of nitrogens with zero attached hydrogens (tertiary/aromatic N) is 2. The van der Waals surface area contributed by atoms with Crippen LogP contribution in [0.5, 0.6) is 0 Å². The van der Waals surface area contributed by atoms with Crippen molar-refractivity contribution in [2.75, 3.05) is 12.8 Å². The van der Waals surface area contributed by atoms with Gasteiger partial charge in [0, 0.05) is 24.5 Å². The molecule has 1 atom stereocenters. The highest BCUT2D eigenvalue weighted by Gasteiger charge is 2.47. The van der Waals surface area contributed by atoms with Crippen LogP contribution in [0.3, 0.4) is 0 Å². The van der Waals surface area contributed by atoms with Gasteiger partial charge in [-0.05, 0) is 30.7 Å². The number of nitrogen functional groups attached to an aromatic ring is 1. The molecule has 4 rings (SSSR count). The predicted octanol–water partition coefficient (Wildman–Crippen LogP) is 3.09. The quantitative estimate of drug-likeness (QED) is 0.722. The summed E-state index contributed by atoms with van der Waals surface area (Å²) < 4.78 is 15.7. The third-order valence-electron chi connectivity index (χ3n) is 5.27. The number of benzene rings is 2. The average Bonchev–Trinajstić information content (AvgIpc) is 3.04. The summed E-state index contributed by atoms with van der Waals surface area (Å²) in [6.45, 7) is 1.71. The standard InChI is InChI=1S/C20H18FN3O2/c1-20(11-12-6-4-3-5-7-12)19(26)24-16(18(25)23(20)2)10-13-15(22)9-8-14(21)17(13)24/h3-10H,11,22H2,1-2H3. The summed E-state index contributed by atoms with van der Waals surface area (Å²) in [6.07, 6.45) is 0.331. The molecule has 1 aromatic heterocycles. The van der Waals surface area contributed by atoms with E-state index in [0.29, 0.717) is 17.5 Å². The van der Waals surface area contributed by atoms with Crippen LogP contribution in [0, 0.1) is 5.82 Å². The van der Waals surface area contributed by atoms with E-state index in [1.54, 1.807) is 14.0 Å². The smallest absolute Gasteiger partial charge is 0.271 e. The van der Waals surface area contributed by atoms with E-state index >= 15 is 0 Å². The van der Waals surface area contributed by atoms with Gasteiger partial charge in [0.1, 0.15) is 17.1 Å². The second kappa shape index (κ2) is 5.42. The van der Waals surface area contributed by atoms with E-state index in [-0.39, 0.29) is 23.0 Å². The first-order chi connectivity index (χ1) is 12.3. The van der Waals surface area contributed by atoms with Gasteiger partial charge in [0.05, 0.1) is 5.52 Å². The van der Waals surface area contributed by atoms with E-state index < -0.39 is 11.4 Å². The van der Waals surface area contributed by atoms with Gasteiger partial charge in [-0.3, -0.25) is 14.2 Å². The van der Waals surface area contributed by atoms with Crippen molar-refractivity contribution in [3.05, 3.63) is 65.6 Å². The highest BCUT2D eigenvalue weighted by Crippen LogP contribution is 2.35. The van der Waals surface area contributed by atoms with Gasteiger partial charge >= 0.3 is 0 Å². The summed E-state index contributed by atoms with van der Waals surface area (Å²) in [7, 11) is 1.60. The lowest BCUT2D eigenvalue weighted by atomic mass is 9.88. The second-order valence-corrected chi connectivity index (χ2v) is 6.87. The molecule has 5 nitrogen and oxygen atoms in total. The molecule has 0 fully saturated rings. The van der Waals surface area contributed by atoms with Crippen LogP contribution in [0.25, 0.3) is 10.9 Å². The van der Waals surface area contributed by atoms with Crippen LogP contribution < -0.4 is 5.73 Å². The molecule has 0 radical (unpaired) electrons. The number of aromatic nitrogens is 1. The normalized spacial score (nSPS) is 19.9. The maximum atomic E-state index is 14.5. The van der Waals surface area contributed by atoms with Crippen LogP contribution in [-0.4, -0.2) is 33.9 Å². The van der Waals surface area contributed by atoms with Crippen LogP contribution in [0.2, 0.25) is 0 Å². The average molecular weight is 351 g/mol. The molecule has 1 aliphatic heterocycles. The molecule has 0 bridgehead atoms. The monoisotopic (exact) mass is 351 g/mol. The third-order valence-corrected chi connectivity index (χ3v) is 5.27. The molecule has 3 aromatic rings. The van der Waals surface area contributed by atoms with Gasteiger partial charge in [0.25, 0.3) is 11.8 Å². The molecule has 0 aliphatic carbocycles. The molecule has 2 N–H and O–H groups in total. The van der Waals surface area contributed by atoms with Gasteiger partial charge in [0.15, 0.2) is 0 Å². The molecule has 0 saturated heterocycles. The molecule has 132 valence electrons. The minimum atomic E-state index is -1.13. The van der Waals surface area contributed by atoms with E-state index in [1.807, 2.05) is 30.3 Å². The zero-order valence-corrected chi connectivity index (χ0v) is 14.5. The first-order valence-corrected chi connectivity index (χ1v) is 8.31. The first kappa shape index (κ1) is 16.3. The van der Waals surface area contributed by atoms with Crippen LogP contribution >= 0.6 is 0 Å². The SMILES string of the molecule is CN1C(=O)c2cc3c(N)ccc(F)c3n2C(=O)C1(C)Cc1ccccc1. The Morgan fingerprint density at radius 2 is 1.81 bits per heavy atom. The lowest BCUT2D eigenvalue weighted by Gasteiger charge is -2.41. The number of carbonyl (C=O) groups is 2. The van der Waals surface area contributed by atoms with Gasteiger partial charge in [-0.25, -0.2) is 4.39 Å². The second-order valence-electron chi connectivity index (χ2n) is 6.87.